The van der Waals surface area contributed by atoms with Crippen molar-refractivity contribution in [3.63, 3.8) is 0 Å². The fourth-order valence-electron chi connectivity index (χ4n) is 1.48. The first kappa shape index (κ1) is 13.3. The van der Waals surface area contributed by atoms with Gasteiger partial charge in [0.05, 0.1) is 5.69 Å². The molecule has 2 aromatic rings. The van der Waals surface area contributed by atoms with Gasteiger partial charge in [0, 0.05) is 21.9 Å². The molecule has 2 rings (SSSR count). The third-order valence-corrected chi connectivity index (χ3v) is 3.46. The Balaban J connectivity index is 2.28. The number of rotatable bonds is 3. The molecule has 0 saturated heterocycles. The number of nitrogens with zero attached hydrogens (tertiary/aromatic N) is 2. The van der Waals surface area contributed by atoms with E-state index in [0.29, 0.717) is 22.5 Å². The van der Waals surface area contributed by atoms with Crippen LogP contribution in [0, 0.1) is 6.92 Å². The van der Waals surface area contributed by atoms with Crippen LogP contribution in [0.4, 0.5) is 5.69 Å². The lowest BCUT2D eigenvalue weighted by Gasteiger charge is -2.09. The second kappa shape index (κ2) is 5.24. The maximum Gasteiger partial charge on any atom is 0.298 e. The third-order valence-electron chi connectivity index (χ3n) is 2.40. The second-order valence-electron chi connectivity index (χ2n) is 4.32. The molecule has 0 atom stereocenters. The molecular weight excluding hydrogens is 314 g/mol. The van der Waals surface area contributed by atoms with Crippen LogP contribution >= 0.6 is 27.5 Å². The van der Waals surface area contributed by atoms with E-state index in [1.54, 1.807) is 0 Å². The number of nitrogens with two attached hydrogens (primary N) is 1. The Kier molecular flexibility index (Phi) is 3.87. The van der Waals surface area contributed by atoms with Gasteiger partial charge in [-0.1, -0.05) is 29.8 Å². The monoisotopic (exact) mass is 327 g/mol. The van der Waals surface area contributed by atoms with Gasteiger partial charge < -0.3 is 10.5 Å². The standard InChI is InChI=1S/C12H14BrN3OS/c1-6(2)11-15-12(18-16-11)17-10-7(3)4-8(13)5-9(10)14/h4-6H,14H2,1-3H3. The van der Waals surface area contributed by atoms with Crippen LogP contribution in [0.3, 0.4) is 0 Å². The zero-order chi connectivity index (χ0) is 13.3. The number of aromatic nitrogens is 2. The number of anilines is 1. The maximum atomic E-state index is 5.94. The van der Waals surface area contributed by atoms with Crippen molar-refractivity contribution < 1.29 is 4.74 Å². The lowest BCUT2D eigenvalue weighted by Crippen LogP contribution is -1.95. The molecule has 18 heavy (non-hydrogen) atoms. The number of aryl methyl sites for hydroxylation is 1. The average molecular weight is 328 g/mol. The van der Waals surface area contributed by atoms with Crippen molar-refractivity contribution >= 4 is 33.1 Å². The normalized spacial score (nSPS) is 10.9. The molecule has 0 aliphatic carbocycles. The molecule has 0 saturated carbocycles. The van der Waals surface area contributed by atoms with Gasteiger partial charge >= 0.3 is 0 Å². The van der Waals surface area contributed by atoms with E-state index in [4.69, 9.17) is 10.5 Å². The molecule has 0 aliphatic rings. The summed E-state index contributed by atoms with van der Waals surface area (Å²) < 4.78 is 10.9. The van der Waals surface area contributed by atoms with Crippen molar-refractivity contribution in [1.82, 2.24) is 9.36 Å². The average Bonchev–Trinajstić information content (AvgIpc) is 2.71. The Morgan fingerprint density at radius 3 is 2.67 bits per heavy atom. The fourth-order valence-corrected chi connectivity index (χ4v) is 2.75. The molecule has 96 valence electrons. The van der Waals surface area contributed by atoms with Crippen molar-refractivity contribution in [1.29, 1.82) is 0 Å². The van der Waals surface area contributed by atoms with Crippen LogP contribution in [-0.4, -0.2) is 9.36 Å². The van der Waals surface area contributed by atoms with Crippen LogP contribution in [0.15, 0.2) is 16.6 Å². The van der Waals surface area contributed by atoms with Gasteiger partial charge in [-0.3, -0.25) is 0 Å². The predicted octanol–water partition coefficient (Wildman–Crippen LogP) is 4.11. The van der Waals surface area contributed by atoms with Crippen LogP contribution in [0.1, 0.15) is 31.2 Å². The first-order valence-corrected chi connectivity index (χ1v) is 7.11. The minimum atomic E-state index is 0.293. The van der Waals surface area contributed by atoms with E-state index < -0.39 is 0 Å². The summed E-state index contributed by atoms with van der Waals surface area (Å²) in [4.78, 5) is 4.33. The topological polar surface area (TPSA) is 61.0 Å². The highest BCUT2D eigenvalue weighted by Crippen LogP contribution is 2.34. The number of nitrogen functional groups attached to an aromatic ring is 1. The quantitative estimate of drug-likeness (QED) is 0.862. The van der Waals surface area contributed by atoms with E-state index in [9.17, 15) is 0 Å². The van der Waals surface area contributed by atoms with Gasteiger partial charge in [-0.15, -0.1) is 0 Å². The zero-order valence-electron chi connectivity index (χ0n) is 10.4. The van der Waals surface area contributed by atoms with E-state index in [-0.39, 0.29) is 0 Å². The Morgan fingerprint density at radius 2 is 2.11 bits per heavy atom. The molecule has 0 radical (unpaired) electrons. The highest BCUT2D eigenvalue weighted by Gasteiger charge is 2.12. The van der Waals surface area contributed by atoms with E-state index in [0.717, 1.165) is 15.9 Å². The van der Waals surface area contributed by atoms with Gasteiger partial charge in [0.2, 0.25) is 0 Å². The molecule has 1 heterocycles. The summed E-state index contributed by atoms with van der Waals surface area (Å²) >= 11 is 4.64. The van der Waals surface area contributed by atoms with Gasteiger partial charge in [0.1, 0.15) is 5.82 Å². The summed E-state index contributed by atoms with van der Waals surface area (Å²) in [6.45, 7) is 6.04. The smallest absolute Gasteiger partial charge is 0.298 e. The number of hydrogen-bond acceptors (Lipinski definition) is 5. The summed E-state index contributed by atoms with van der Waals surface area (Å²) in [6.07, 6.45) is 0. The largest absolute Gasteiger partial charge is 0.427 e. The maximum absolute atomic E-state index is 5.94. The van der Waals surface area contributed by atoms with Crippen LogP contribution in [0.5, 0.6) is 10.9 Å². The zero-order valence-corrected chi connectivity index (χ0v) is 12.8. The molecule has 0 bridgehead atoms. The van der Waals surface area contributed by atoms with Gasteiger partial charge in [-0.05, 0) is 24.6 Å². The molecule has 1 aromatic heterocycles. The molecule has 1 aromatic carbocycles. The molecule has 0 spiro atoms. The van der Waals surface area contributed by atoms with E-state index >= 15 is 0 Å². The minimum Gasteiger partial charge on any atom is -0.427 e. The van der Waals surface area contributed by atoms with Crippen molar-refractivity contribution in [3.8, 4) is 10.9 Å². The van der Waals surface area contributed by atoms with Gasteiger partial charge in [-0.25, -0.2) is 0 Å². The molecule has 6 heteroatoms. The van der Waals surface area contributed by atoms with Gasteiger partial charge in [-0.2, -0.15) is 9.36 Å². The Bertz CT molecular complexity index is 545. The lowest BCUT2D eigenvalue weighted by atomic mass is 10.2. The summed E-state index contributed by atoms with van der Waals surface area (Å²) in [5, 5.41) is 0.524. The predicted molar refractivity (Wildman–Crippen MR) is 77.4 cm³/mol. The third kappa shape index (κ3) is 2.81. The second-order valence-corrected chi connectivity index (χ2v) is 5.95. The molecule has 2 N–H and O–H groups in total. The van der Waals surface area contributed by atoms with Crippen molar-refractivity contribution in [2.75, 3.05) is 5.73 Å². The van der Waals surface area contributed by atoms with Gasteiger partial charge in [0.25, 0.3) is 5.19 Å². The molecule has 0 amide bonds. The van der Waals surface area contributed by atoms with Crippen LogP contribution in [0.2, 0.25) is 0 Å². The molecule has 0 unspecified atom stereocenters. The lowest BCUT2D eigenvalue weighted by molar-refractivity contribution is 0.474. The molecule has 0 aliphatic heterocycles. The Morgan fingerprint density at radius 1 is 1.39 bits per heavy atom. The van der Waals surface area contributed by atoms with Crippen molar-refractivity contribution in [2.45, 2.75) is 26.7 Å². The van der Waals surface area contributed by atoms with Crippen molar-refractivity contribution in [3.05, 3.63) is 28.0 Å². The van der Waals surface area contributed by atoms with Crippen LogP contribution < -0.4 is 10.5 Å². The summed E-state index contributed by atoms with van der Waals surface area (Å²) in [5.74, 6) is 1.73. The number of benzene rings is 1. The Hall–Kier alpha value is -1.14. The van der Waals surface area contributed by atoms with Gasteiger partial charge in [0.15, 0.2) is 5.75 Å². The first-order chi connectivity index (χ1) is 8.47. The van der Waals surface area contributed by atoms with Crippen LogP contribution in [-0.2, 0) is 0 Å². The highest BCUT2D eigenvalue weighted by atomic mass is 79.9. The minimum absolute atomic E-state index is 0.293. The van der Waals surface area contributed by atoms with E-state index in [1.165, 1.54) is 11.5 Å². The molecule has 0 fully saturated rings. The summed E-state index contributed by atoms with van der Waals surface area (Å²) in [5.41, 5.74) is 7.49. The fraction of sp³-hybridized carbons (Fsp3) is 0.333. The summed E-state index contributed by atoms with van der Waals surface area (Å²) in [6, 6.07) is 3.77. The number of halogens is 1. The SMILES string of the molecule is Cc1cc(Br)cc(N)c1Oc1nc(C(C)C)ns1. The highest BCUT2D eigenvalue weighted by molar-refractivity contribution is 9.10. The van der Waals surface area contributed by atoms with Crippen LogP contribution in [0.25, 0.3) is 0 Å². The number of hydrogen-bond donors (Lipinski definition) is 1. The van der Waals surface area contributed by atoms with Crippen molar-refractivity contribution in [2.24, 2.45) is 0 Å². The van der Waals surface area contributed by atoms with E-state index in [2.05, 4.69) is 25.3 Å². The number of ether oxygens (including phenoxy) is 1. The Labute approximate surface area is 118 Å². The summed E-state index contributed by atoms with van der Waals surface area (Å²) in [7, 11) is 0. The molecule has 4 nitrogen and oxygen atoms in total. The van der Waals surface area contributed by atoms with E-state index in [1.807, 2.05) is 32.9 Å². The first-order valence-electron chi connectivity index (χ1n) is 5.54. The molecular formula is C12H14BrN3OS.